The van der Waals surface area contributed by atoms with Gasteiger partial charge >= 0.3 is 0 Å². The maximum atomic E-state index is 12.0. The summed E-state index contributed by atoms with van der Waals surface area (Å²) in [6, 6.07) is 11.3. The molecule has 4 nitrogen and oxygen atoms in total. The lowest BCUT2D eigenvalue weighted by molar-refractivity contribution is 0.0950. The van der Waals surface area contributed by atoms with Crippen LogP contribution < -0.4 is 11.1 Å². The van der Waals surface area contributed by atoms with Crippen LogP contribution in [0, 0.1) is 18.8 Å². The van der Waals surface area contributed by atoms with Crippen molar-refractivity contribution in [2.75, 3.05) is 6.54 Å². The second-order valence-corrected chi connectivity index (χ2v) is 4.58. The quantitative estimate of drug-likeness (QED) is 0.839. The standard InChI is InChI=1S/C17H17N3O/c1-13-7-8-16(12-19-13)17(21)20-11-15-5-2-4-14(10-15)6-3-9-18/h2,4-5,7-8,10,12H,9,11,18H2,1H3,(H,20,21). The fourth-order valence-corrected chi connectivity index (χ4v) is 1.80. The molecule has 0 bridgehead atoms. The van der Waals surface area contributed by atoms with E-state index in [1.807, 2.05) is 37.3 Å². The van der Waals surface area contributed by atoms with Gasteiger partial charge in [-0.2, -0.15) is 0 Å². The van der Waals surface area contributed by atoms with E-state index in [4.69, 9.17) is 5.73 Å². The maximum Gasteiger partial charge on any atom is 0.253 e. The molecule has 2 aromatic rings. The van der Waals surface area contributed by atoms with Gasteiger partial charge in [0.15, 0.2) is 0 Å². The van der Waals surface area contributed by atoms with Crippen molar-refractivity contribution in [1.82, 2.24) is 10.3 Å². The fraction of sp³-hybridized carbons (Fsp3) is 0.176. The van der Waals surface area contributed by atoms with Crippen LogP contribution in [0.3, 0.4) is 0 Å². The average Bonchev–Trinajstić information content (AvgIpc) is 2.52. The van der Waals surface area contributed by atoms with E-state index < -0.39 is 0 Å². The molecule has 0 aliphatic heterocycles. The van der Waals surface area contributed by atoms with E-state index in [1.165, 1.54) is 0 Å². The minimum atomic E-state index is -0.138. The van der Waals surface area contributed by atoms with Crippen LogP contribution in [-0.4, -0.2) is 17.4 Å². The van der Waals surface area contributed by atoms with Crippen LogP contribution in [0.25, 0.3) is 0 Å². The molecule has 0 aliphatic rings. The Hall–Kier alpha value is -2.64. The molecule has 106 valence electrons. The van der Waals surface area contributed by atoms with Gasteiger partial charge in [0, 0.05) is 24.0 Å². The van der Waals surface area contributed by atoms with Gasteiger partial charge in [-0.3, -0.25) is 9.78 Å². The van der Waals surface area contributed by atoms with Crippen molar-refractivity contribution in [3.63, 3.8) is 0 Å². The Kier molecular flexibility index (Phi) is 5.08. The van der Waals surface area contributed by atoms with E-state index in [-0.39, 0.29) is 5.91 Å². The van der Waals surface area contributed by atoms with Crippen LogP contribution in [0.2, 0.25) is 0 Å². The van der Waals surface area contributed by atoms with Gasteiger partial charge in [0.1, 0.15) is 0 Å². The molecule has 0 aliphatic carbocycles. The number of nitrogens with two attached hydrogens (primary N) is 1. The van der Waals surface area contributed by atoms with Crippen molar-refractivity contribution in [3.8, 4) is 11.8 Å². The average molecular weight is 279 g/mol. The third-order valence-electron chi connectivity index (χ3n) is 2.89. The predicted molar refractivity (Wildman–Crippen MR) is 82.5 cm³/mol. The number of hydrogen-bond donors (Lipinski definition) is 2. The highest BCUT2D eigenvalue weighted by Crippen LogP contribution is 2.05. The number of aromatic nitrogens is 1. The molecule has 0 atom stereocenters. The zero-order valence-electron chi connectivity index (χ0n) is 11.9. The first-order valence-electron chi connectivity index (χ1n) is 6.68. The summed E-state index contributed by atoms with van der Waals surface area (Å²) in [5.74, 6) is 5.64. The first kappa shape index (κ1) is 14.8. The van der Waals surface area contributed by atoms with Crippen molar-refractivity contribution in [2.45, 2.75) is 13.5 Å². The summed E-state index contributed by atoms with van der Waals surface area (Å²) in [7, 11) is 0. The lowest BCUT2D eigenvalue weighted by Gasteiger charge is -2.06. The van der Waals surface area contributed by atoms with Crippen molar-refractivity contribution in [3.05, 3.63) is 65.0 Å². The maximum absolute atomic E-state index is 12.0. The lowest BCUT2D eigenvalue weighted by Crippen LogP contribution is -2.22. The topological polar surface area (TPSA) is 68.0 Å². The number of nitrogens with one attached hydrogen (secondary N) is 1. The summed E-state index contributed by atoms with van der Waals surface area (Å²) in [4.78, 5) is 16.1. The van der Waals surface area contributed by atoms with Gasteiger partial charge in [-0.25, -0.2) is 0 Å². The molecule has 3 N–H and O–H groups in total. The number of carbonyl (C=O) groups excluding carboxylic acids is 1. The van der Waals surface area contributed by atoms with E-state index in [2.05, 4.69) is 22.1 Å². The van der Waals surface area contributed by atoms with E-state index in [9.17, 15) is 4.79 Å². The number of carbonyl (C=O) groups is 1. The number of rotatable bonds is 3. The smallest absolute Gasteiger partial charge is 0.253 e. The Bertz CT molecular complexity index is 681. The van der Waals surface area contributed by atoms with Gasteiger partial charge in [-0.1, -0.05) is 24.0 Å². The molecule has 0 spiro atoms. The molecule has 2 rings (SSSR count). The predicted octanol–water partition coefficient (Wildman–Crippen LogP) is 1.63. The fourth-order valence-electron chi connectivity index (χ4n) is 1.80. The van der Waals surface area contributed by atoms with Crippen LogP contribution in [0.4, 0.5) is 0 Å². The molecule has 0 saturated carbocycles. The summed E-state index contributed by atoms with van der Waals surface area (Å²) >= 11 is 0. The Morgan fingerprint density at radius 3 is 2.90 bits per heavy atom. The highest BCUT2D eigenvalue weighted by Gasteiger charge is 2.05. The zero-order chi connectivity index (χ0) is 15.1. The van der Waals surface area contributed by atoms with E-state index >= 15 is 0 Å². The van der Waals surface area contributed by atoms with Crippen molar-refractivity contribution in [2.24, 2.45) is 5.73 Å². The van der Waals surface area contributed by atoms with Gasteiger partial charge in [-0.05, 0) is 36.8 Å². The molecule has 1 aromatic carbocycles. The molecule has 21 heavy (non-hydrogen) atoms. The van der Waals surface area contributed by atoms with Crippen molar-refractivity contribution < 1.29 is 4.79 Å². The lowest BCUT2D eigenvalue weighted by atomic mass is 10.1. The van der Waals surface area contributed by atoms with Gasteiger partial charge in [0.05, 0.1) is 12.1 Å². The van der Waals surface area contributed by atoms with Gasteiger partial charge in [0.2, 0.25) is 0 Å². The minimum absolute atomic E-state index is 0.138. The summed E-state index contributed by atoms with van der Waals surface area (Å²) in [5.41, 5.74) is 8.68. The molecule has 0 fully saturated rings. The van der Waals surface area contributed by atoms with Gasteiger partial charge < -0.3 is 11.1 Å². The first-order chi connectivity index (χ1) is 10.2. The Morgan fingerprint density at radius 2 is 2.19 bits per heavy atom. The van der Waals surface area contributed by atoms with Crippen LogP contribution in [0.5, 0.6) is 0 Å². The van der Waals surface area contributed by atoms with E-state index in [0.717, 1.165) is 16.8 Å². The molecule has 1 aromatic heterocycles. The molecule has 4 heteroatoms. The highest BCUT2D eigenvalue weighted by atomic mass is 16.1. The Balaban J connectivity index is 1.99. The van der Waals surface area contributed by atoms with E-state index in [0.29, 0.717) is 18.7 Å². The van der Waals surface area contributed by atoms with Gasteiger partial charge in [-0.15, -0.1) is 0 Å². The molecule has 1 amide bonds. The highest BCUT2D eigenvalue weighted by molar-refractivity contribution is 5.93. The third kappa shape index (κ3) is 4.44. The monoisotopic (exact) mass is 279 g/mol. The van der Waals surface area contributed by atoms with Crippen molar-refractivity contribution >= 4 is 5.91 Å². The summed E-state index contributed by atoms with van der Waals surface area (Å²) in [6.45, 7) is 2.67. The number of amides is 1. The Morgan fingerprint density at radius 1 is 1.33 bits per heavy atom. The number of aryl methyl sites for hydroxylation is 1. The van der Waals surface area contributed by atoms with Crippen LogP contribution in [0.15, 0.2) is 42.6 Å². The Labute approximate surface area is 124 Å². The molecule has 1 heterocycles. The molecular weight excluding hydrogens is 262 g/mol. The molecule has 0 unspecified atom stereocenters. The van der Waals surface area contributed by atoms with Gasteiger partial charge in [0.25, 0.3) is 5.91 Å². The number of pyridine rings is 1. The number of nitrogens with zero attached hydrogens (tertiary/aromatic N) is 1. The SMILES string of the molecule is Cc1ccc(C(=O)NCc2cccc(C#CCN)c2)cn1. The number of hydrogen-bond acceptors (Lipinski definition) is 3. The van der Waals surface area contributed by atoms with Crippen LogP contribution in [0.1, 0.15) is 27.2 Å². The first-order valence-corrected chi connectivity index (χ1v) is 6.68. The van der Waals surface area contributed by atoms with Crippen LogP contribution >= 0.6 is 0 Å². The summed E-state index contributed by atoms with van der Waals surface area (Å²) < 4.78 is 0. The molecular formula is C17H17N3O. The summed E-state index contributed by atoms with van der Waals surface area (Å²) in [5, 5.41) is 2.87. The summed E-state index contributed by atoms with van der Waals surface area (Å²) in [6.07, 6.45) is 1.58. The third-order valence-corrected chi connectivity index (χ3v) is 2.89. The minimum Gasteiger partial charge on any atom is -0.348 e. The normalized spacial score (nSPS) is 9.62. The number of benzene rings is 1. The second-order valence-electron chi connectivity index (χ2n) is 4.58. The molecule has 0 radical (unpaired) electrons. The molecule has 0 saturated heterocycles. The van der Waals surface area contributed by atoms with Crippen LogP contribution in [-0.2, 0) is 6.54 Å². The zero-order valence-corrected chi connectivity index (χ0v) is 11.9. The largest absolute Gasteiger partial charge is 0.348 e. The van der Waals surface area contributed by atoms with E-state index in [1.54, 1.807) is 12.3 Å². The van der Waals surface area contributed by atoms with Crippen molar-refractivity contribution in [1.29, 1.82) is 0 Å². The second kappa shape index (κ2) is 7.22.